The van der Waals surface area contributed by atoms with E-state index in [-0.39, 0.29) is 11.7 Å². The summed E-state index contributed by atoms with van der Waals surface area (Å²) < 4.78 is 0. The summed E-state index contributed by atoms with van der Waals surface area (Å²) in [6.45, 7) is 2.71. The maximum atomic E-state index is 12.1. The van der Waals surface area contributed by atoms with Crippen molar-refractivity contribution in [1.29, 1.82) is 5.26 Å². The van der Waals surface area contributed by atoms with Crippen molar-refractivity contribution in [1.82, 2.24) is 14.9 Å². The Morgan fingerprint density at radius 1 is 1.52 bits per heavy atom. The number of nitriles is 1. The molecule has 0 fully saturated rings. The fourth-order valence-electron chi connectivity index (χ4n) is 2.99. The number of nitrogens with zero attached hydrogens (tertiary/aromatic N) is 4. The number of anilines is 1. The minimum atomic E-state index is -0.0400. The van der Waals surface area contributed by atoms with Crippen LogP contribution < -0.4 is 5.73 Å². The highest BCUT2D eigenvalue weighted by Gasteiger charge is 2.23. The molecule has 1 aliphatic carbocycles. The summed E-state index contributed by atoms with van der Waals surface area (Å²) in [6, 6.07) is 2.04. The molecule has 0 saturated carbocycles. The molecular weight excluding hydrogens is 354 g/mol. The molecule has 2 heterocycles. The molecule has 6 nitrogen and oxygen atoms in total. The van der Waals surface area contributed by atoms with Gasteiger partial charge in [-0.05, 0) is 30.7 Å². The van der Waals surface area contributed by atoms with Gasteiger partial charge in [0, 0.05) is 18.5 Å². The molecular formula is C17H21N5OS2. The van der Waals surface area contributed by atoms with Crippen LogP contribution in [0, 0.1) is 17.2 Å². The maximum Gasteiger partial charge on any atom is 0.232 e. The molecule has 1 aliphatic rings. The van der Waals surface area contributed by atoms with Crippen molar-refractivity contribution in [2.45, 2.75) is 37.8 Å². The molecule has 1 unspecified atom stereocenters. The molecule has 2 aromatic heterocycles. The monoisotopic (exact) mass is 375 g/mol. The molecule has 1 amide bonds. The molecule has 0 bridgehead atoms. The lowest BCUT2D eigenvalue weighted by Crippen LogP contribution is -2.29. The summed E-state index contributed by atoms with van der Waals surface area (Å²) in [4.78, 5) is 25.0. The summed E-state index contributed by atoms with van der Waals surface area (Å²) in [5, 5.41) is 10.1. The number of rotatable bonds is 5. The second kappa shape index (κ2) is 7.58. The Balaban J connectivity index is 1.75. The molecule has 2 aromatic rings. The molecule has 132 valence electrons. The van der Waals surface area contributed by atoms with Crippen LogP contribution in [0.25, 0.3) is 10.2 Å². The number of amides is 1. The van der Waals surface area contributed by atoms with Gasteiger partial charge in [0.15, 0.2) is 5.16 Å². The zero-order valence-electron chi connectivity index (χ0n) is 14.4. The average Bonchev–Trinajstić information content (AvgIpc) is 2.95. The van der Waals surface area contributed by atoms with Gasteiger partial charge in [-0.3, -0.25) is 4.79 Å². The first-order chi connectivity index (χ1) is 12.0. The smallest absolute Gasteiger partial charge is 0.232 e. The Labute approximate surface area is 155 Å². The fraction of sp³-hybridized carbons (Fsp3) is 0.529. The molecule has 25 heavy (non-hydrogen) atoms. The standard InChI is InChI=1S/C17H21N5OS2/c1-10-4-5-11-12(8-10)25-16-14(11)15(19)20-17(21-16)24-9-13(23)22(2)7-3-6-18/h10H,3-5,7-9H2,1-2H3,(H2,19,20,21). The minimum absolute atomic E-state index is 0.0400. The number of carbonyl (C=O) groups excluding carboxylic acids is 1. The number of hydrogen-bond donors (Lipinski definition) is 1. The van der Waals surface area contributed by atoms with Crippen molar-refractivity contribution < 1.29 is 4.79 Å². The zero-order chi connectivity index (χ0) is 18.0. The molecule has 8 heteroatoms. The van der Waals surface area contributed by atoms with Crippen LogP contribution in [0.4, 0.5) is 5.82 Å². The fourth-order valence-corrected chi connectivity index (χ4v) is 5.23. The topological polar surface area (TPSA) is 95.9 Å². The highest BCUT2D eigenvalue weighted by atomic mass is 32.2. The maximum absolute atomic E-state index is 12.1. The number of carbonyl (C=O) groups is 1. The van der Waals surface area contributed by atoms with Crippen molar-refractivity contribution in [2.75, 3.05) is 25.1 Å². The summed E-state index contributed by atoms with van der Waals surface area (Å²) in [5.74, 6) is 1.42. The molecule has 0 aliphatic heterocycles. The van der Waals surface area contributed by atoms with Gasteiger partial charge in [0.05, 0.1) is 23.6 Å². The SMILES string of the molecule is CC1CCc2c(sc3nc(SCC(=O)N(C)CCC#N)nc(N)c23)C1. The van der Waals surface area contributed by atoms with Gasteiger partial charge < -0.3 is 10.6 Å². The highest BCUT2D eigenvalue weighted by Crippen LogP contribution is 2.39. The van der Waals surface area contributed by atoms with Crippen LogP contribution in [-0.4, -0.2) is 40.1 Å². The van der Waals surface area contributed by atoms with Crippen molar-refractivity contribution in [2.24, 2.45) is 5.92 Å². The number of nitrogen functional groups attached to an aromatic ring is 1. The summed E-state index contributed by atoms with van der Waals surface area (Å²) in [7, 11) is 1.70. The van der Waals surface area contributed by atoms with Gasteiger partial charge in [-0.2, -0.15) is 5.26 Å². The van der Waals surface area contributed by atoms with E-state index in [0.29, 0.717) is 29.9 Å². The third-order valence-electron chi connectivity index (χ3n) is 4.47. The lowest BCUT2D eigenvalue weighted by molar-refractivity contribution is -0.127. The van der Waals surface area contributed by atoms with E-state index in [9.17, 15) is 4.79 Å². The number of thioether (sulfide) groups is 1. The van der Waals surface area contributed by atoms with Crippen LogP contribution in [0.2, 0.25) is 0 Å². The van der Waals surface area contributed by atoms with Gasteiger partial charge in [0.1, 0.15) is 10.6 Å². The van der Waals surface area contributed by atoms with Gasteiger partial charge in [0.2, 0.25) is 5.91 Å². The van der Waals surface area contributed by atoms with Crippen LogP contribution >= 0.6 is 23.1 Å². The second-order valence-electron chi connectivity index (χ2n) is 6.44. The number of thiophene rings is 1. The van der Waals surface area contributed by atoms with Crippen LogP contribution in [0.15, 0.2) is 5.16 Å². The van der Waals surface area contributed by atoms with Crippen LogP contribution in [0.3, 0.4) is 0 Å². The lowest BCUT2D eigenvalue weighted by atomic mass is 9.89. The summed E-state index contributed by atoms with van der Waals surface area (Å²) in [5.41, 5.74) is 7.52. The molecule has 0 spiro atoms. The largest absolute Gasteiger partial charge is 0.383 e. The normalized spacial score (nSPS) is 16.4. The van der Waals surface area contributed by atoms with Crippen LogP contribution in [0.5, 0.6) is 0 Å². The first-order valence-corrected chi connectivity index (χ1v) is 10.1. The second-order valence-corrected chi connectivity index (χ2v) is 8.46. The van der Waals surface area contributed by atoms with Gasteiger partial charge in [-0.1, -0.05) is 18.7 Å². The number of hydrogen-bond acceptors (Lipinski definition) is 7. The molecule has 2 N–H and O–H groups in total. The minimum Gasteiger partial charge on any atom is -0.383 e. The highest BCUT2D eigenvalue weighted by molar-refractivity contribution is 7.99. The van der Waals surface area contributed by atoms with E-state index in [1.165, 1.54) is 28.6 Å². The van der Waals surface area contributed by atoms with Crippen molar-refractivity contribution >= 4 is 45.0 Å². The molecule has 0 aromatic carbocycles. The Hall–Kier alpha value is -1.85. The Morgan fingerprint density at radius 3 is 3.08 bits per heavy atom. The van der Waals surface area contributed by atoms with E-state index >= 15 is 0 Å². The average molecular weight is 376 g/mol. The van der Waals surface area contributed by atoms with E-state index in [4.69, 9.17) is 11.0 Å². The Kier molecular flexibility index (Phi) is 5.45. The molecule has 3 rings (SSSR count). The number of aryl methyl sites for hydroxylation is 1. The quantitative estimate of drug-likeness (QED) is 0.638. The predicted octanol–water partition coefficient (Wildman–Crippen LogP) is 2.86. The summed E-state index contributed by atoms with van der Waals surface area (Å²) in [6.07, 6.45) is 3.64. The third-order valence-corrected chi connectivity index (χ3v) is 6.45. The first-order valence-electron chi connectivity index (χ1n) is 8.31. The third kappa shape index (κ3) is 3.88. The zero-order valence-corrected chi connectivity index (χ0v) is 16.0. The van der Waals surface area contributed by atoms with Gasteiger partial charge >= 0.3 is 0 Å². The van der Waals surface area contributed by atoms with Crippen LogP contribution in [-0.2, 0) is 17.6 Å². The van der Waals surface area contributed by atoms with E-state index in [1.54, 1.807) is 23.3 Å². The van der Waals surface area contributed by atoms with Crippen molar-refractivity contribution in [3.05, 3.63) is 10.4 Å². The van der Waals surface area contributed by atoms with E-state index in [2.05, 4.69) is 16.9 Å². The van der Waals surface area contributed by atoms with Crippen LogP contribution in [0.1, 0.15) is 30.2 Å². The summed E-state index contributed by atoms with van der Waals surface area (Å²) >= 11 is 3.00. The predicted molar refractivity (Wildman–Crippen MR) is 102 cm³/mol. The number of fused-ring (bicyclic) bond motifs is 3. The van der Waals surface area contributed by atoms with E-state index < -0.39 is 0 Å². The molecule has 0 radical (unpaired) electrons. The Morgan fingerprint density at radius 2 is 2.32 bits per heavy atom. The Bertz CT molecular complexity index is 842. The number of nitrogens with two attached hydrogens (primary N) is 1. The van der Waals surface area contributed by atoms with E-state index in [1.807, 2.05) is 6.07 Å². The molecule has 0 saturated heterocycles. The van der Waals surface area contributed by atoms with Crippen molar-refractivity contribution in [3.63, 3.8) is 0 Å². The van der Waals surface area contributed by atoms with Gasteiger partial charge in [0.25, 0.3) is 0 Å². The molecule has 1 atom stereocenters. The first kappa shape index (κ1) is 18.0. The van der Waals surface area contributed by atoms with E-state index in [0.717, 1.165) is 23.1 Å². The lowest BCUT2D eigenvalue weighted by Gasteiger charge is -2.17. The van der Waals surface area contributed by atoms with Crippen molar-refractivity contribution in [3.8, 4) is 6.07 Å². The van der Waals surface area contributed by atoms with Gasteiger partial charge in [-0.25, -0.2) is 9.97 Å². The number of aromatic nitrogens is 2. The van der Waals surface area contributed by atoms with Gasteiger partial charge in [-0.15, -0.1) is 11.3 Å².